The molecule has 4 heterocycles. The SMILES string of the molecule is CN1C(=O)/C(=C/c2ccc(N(c3ccncc3)c3ncccn3)[se]2)C(=O)NC1=S. The third-order valence-electron chi connectivity index (χ3n) is 4.10. The molecule has 3 aromatic rings. The molecule has 8 nitrogen and oxygen atoms in total. The minimum absolute atomic E-state index is 0.0651. The summed E-state index contributed by atoms with van der Waals surface area (Å²) in [5.41, 5.74) is 0.938. The summed E-state index contributed by atoms with van der Waals surface area (Å²) >= 11 is 4.80. The van der Waals surface area contributed by atoms with Crippen LogP contribution in [0.3, 0.4) is 0 Å². The molecule has 4 rings (SSSR count). The number of nitrogens with zero attached hydrogens (tertiary/aromatic N) is 5. The first-order valence-electron chi connectivity index (χ1n) is 8.46. The van der Waals surface area contributed by atoms with E-state index in [4.69, 9.17) is 12.2 Å². The maximum atomic E-state index is 12.4. The normalized spacial score (nSPS) is 15.6. The summed E-state index contributed by atoms with van der Waals surface area (Å²) in [4.78, 5) is 40.6. The van der Waals surface area contributed by atoms with Crippen molar-refractivity contribution in [1.29, 1.82) is 0 Å². The first-order valence-corrected chi connectivity index (χ1v) is 10.6. The first kappa shape index (κ1) is 19.1. The standard InChI is InChI=1S/C19H14N6O2SSe/c1-24-17(27)14(16(26)23-19(24)28)11-13-3-4-15(29-13)25(12-5-9-20-10-6-12)18-21-7-2-8-22-18/h2-11H,1H3,(H,23,26,28)/b14-11+. The van der Waals surface area contributed by atoms with E-state index < -0.39 is 11.8 Å². The molecule has 1 aliphatic heterocycles. The van der Waals surface area contributed by atoms with Gasteiger partial charge in [-0.25, -0.2) is 0 Å². The van der Waals surface area contributed by atoms with Gasteiger partial charge < -0.3 is 0 Å². The number of amides is 2. The van der Waals surface area contributed by atoms with E-state index in [-0.39, 0.29) is 25.2 Å². The van der Waals surface area contributed by atoms with Crippen LogP contribution in [0.15, 0.2) is 60.7 Å². The fraction of sp³-hybridized carbons (Fsp3) is 0.0526. The third kappa shape index (κ3) is 3.86. The van der Waals surface area contributed by atoms with Crippen LogP contribution in [-0.2, 0) is 9.59 Å². The summed E-state index contributed by atoms with van der Waals surface area (Å²) in [7, 11) is 1.54. The molecule has 29 heavy (non-hydrogen) atoms. The molecule has 10 heteroatoms. The Hall–Kier alpha value is -3.20. The number of pyridine rings is 1. The predicted octanol–water partition coefficient (Wildman–Crippen LogP) is 1.65. The average Bonchev–Trinajstić information content (AvgIpc) is 3.19. The van der Waals surface area contributed by atoms with E-state index in [2.05, 4.69) is 20.3 Å². The monoisotopic (exact) mass is 470 g/mol. The zero-order chi connectivity index (χ0) is 20.4. The molecule has 0 saturated carbocycles. The molecule has 1 fully saturated rings. The number of nitrogens with one attached hydrogen (secondary N) is 1. The Morgan fingerprint density at radius 3 is 2.55 bits per heavy atom. The number of anilines is 3. The Balaban J connectivity index is 1.72. The van der Waals surface area contributed by atoms with Crippen molar-refractivity contribution in [2.24, 2.45) is 0 Å². The molecule has 3 aromatic heterocycles. The summed E-state index contributed by atoms with van der Waals surface area (Å²) < 4.78 is 1.84. The fourth-order valence-electron chi connectivity index (χ4n) is 2.67. The van der Waals surface area contributed by atoms with Gasteiger partial charge in [-0.15, -0.1) is 0 Å². The number of thiocarbonyl (C=S) groups is 1. The van der Waals surface area contributed by atoms with Gasteiger partial charge in [-0.1, -0.05) is 0 Å². The van der Waals surface area contributed by atoms with Crippen LogP contribution in [0, 0.1) is 0 Å². The number of likely N-dealkylation sites (N-methyl/N-ethyl adjacent to an activating group) is 1. The third-order valence-corrected chi connectivity index (χ3v) is 6.61. The summed E-state index contributed by atoms with van der Waals surface area (Å²) in [6.07, 6.45) is 8.38. The number of rotatable bonds is 4. The van der Waals surface area contributed by atoms with E-state index in [0.717, 1.165) is 14.7 Å². The Labute approximate surface area is 177 Å². The van der Waals surface area contributed by atoms with Crippen molar-refractivity contribution in [1.82, 2.24) is 25.2 Å². The zero-order valence-corrected chi connectivity index (χ0v) is 17.7. The minimum atomic E-state index is -0.486. The van der Waals surface area contributed by atoms with E-state index in [1.165, 1.54) is 11.9 Å². The van der Waals surface area contributed by atoms with Gasteiger partial charge in [-0.3, -0.25) is 0 Å². The Bertz CT molecular complexity index is 1080. The number of hydrogen-bond acceptors (Lipinski definition) is 7. The maximum absolute atomic E-state index is 12.4. The van der Waals surface area contributed by atoms with Crippen LogP contribution in [0.1, 0.15) is 4.44 Å². The van der Waals surface area contributed by atoms with E-state index in [0.29, 0.717) is 5.95 Å². The molecule has 1 N–H and O–H groups in total. The summed E-state index contributed by atoms with van der Waals surface area (Å²) in [5.74, 6) is -0.368. The second kappa shape index (κ2) is 8.04. The van der Waals surface area contributed by atoms with Crippen LogP contribution in [-0.4, -0.2) is 58.3 Å². The van der Waals surface area contributed by atoms with Gasteiger partial charge in [-0.2, -0.15) is 0 Å². The van der Waals surface area contributed by atoms with E-state index in [1.54, 1.807) is 36.9 Å². The molecular formula is C19H14N6O2SSe. The van der Waals surface area contributed by atoms with Gasteiger partial charge in [-0.05, 0) is 0 Å². The van der Waals surface area contributed by atoms with Crippen molar-refractivity contribution in [2.45, 2.75) is 0 Å². The van der Waals surface area contributed by atoms with E-state index in [9.17, 15) is 9.59 Å². The second-order valence-corrected chi connectivity index (χ2v) is 8.63. The summed E-state index contributed by atoms with van der Waals surface area (Å²) in [6, 6.07) is 9.34. The van der Waals surface area contributed by atoms with Gasteiger partial charge in [0.15, 0.2) is 0 Å². The van der Waals surface area contributed by atoms with Gasteiger partial charge in [0.05, 0.1) is 0 Å². The molecule has 0 atom stereocenters. The van der Waals surface area contributed by atoms with E-state index in [1.807, 2.05) is 29.2 Å². The molecule has 1 saturated heterocycles. The summed E-state index contributed by atoms with van der Waals surface area (Å²) in [5, 5.41) is 2.63. The second-order valence-electron chi connectivity index (χ2n) is 5.95. The van der Waals surface area contributed by atoms with Crippen molar-refractivity contribution in [2.75, 3.05) is 11.9 Å². The molecule has 0 bridgehead atoms. The molecule has 0 aromatic carbocycles. The quantitative estimate of drug-likeness (QED) is 0.269. The Morgan fingerprint density at radius 1 is 1.10 bits per heavy atom. The number of aromatic nitrogens is 3. The number of carbonyl (C=O) groups is 2. The zero-order valence-electron chi connectivity index (χ0n) is 15.1. The van der Waals surface area contributed by atoms with E-state index >= 15 is 0 Å². The average molecular weight is 469 g/mol. The van der Waals surface area contributed by atoms with Crippen LogP contribution in [0.5, 0.6) is 0 Å². The topological polar surface area (TPSA) is 91.3 Å². The van der Waals surface area contributed by atoms with Crippen molar-refractivity contribution in [3.63, 3.8) is 0 Å². The Morgan fingerprint density at radius 2 is 1.83 bits per heavy atom. The molecule has 1 aliphatic rings. The van der Waals surface area contributed by atoms with Crippen LogP contribution >= 0.6 is 12.2 Å². The summed E-state index contributed by atoms with van der Waals surface area (Å²) in [6.45, 7) is 0. The molecule has 0 spiro atoms. The molecule has 144 valence electrons. The fourth-order valence-corrected chi connectivity index (χ4v) is 4.88. The van der Waals surface area contributed by atoms with Gasteiger partial charge in [0.25, 0.3) is 0 Å². The van der Waals surface area contributed by atoms with Gasteiger partial charge >= 0.3 is 178 Å². The van der Waals surface area contributed by atoms with Gasteiger partial charge in [0, 0.05) is 0 Å². The van der Waals surface area contributed by atoms with Crippen LogP contribution in [0.25, 0.3) is 6.08 Å². The van der Waals surface area contributed by atoms with Gasteiger partial charge in [0.2, 0.25) is 0 Å². The molecule has 0 unspecified atom stereocenters. The van der Waals surface area contributed by atoms with Crippen molar-refractivity contribution >= 4 is 65.9 Å². The molecule has 2 amide bonds. The Kier molecular flexibility index (Phi) is 5.30. The van der Waals surface area contributed by atoms with Crippen LogP contribution < -0.4 is 10.2 Å². The van der Waals surface area contributed by atoms with Gasteiger partial charge in [0.1, 0.15) is 0 Å². The molecule has 0 aliphatic carbocycles. The number of carbonyl (C=O) groups excluding carboxylic acids is 2. The van der Waals surface area contributed by atoms with Crippen molar-refractivity contribution < 1.29 is 9.59 Å². The molecular weight excluding hydrogens is 455 g/mol. The van der Waals surface area contributed by atoms with Crippen LogP contribution in [0.4, 0.5) is 16.2 Å². The van der Waals surface area contributed by atoms with Crippen molar-refractivity contribution in [3.05, 3.63) is 65.1 Å². The van der Waals surface area contributed by atoms with Crippen molar-refractivity contribution in [3.8, 4) is 0 Å². The first-order chi connectivity index (χ1) is 14.0. The predicted molar refractivity (Wildman–Crippen MR) is 113 cm³/mol. The molecule has 0 radical (unpaired) electrons. The van der Waals surface area contributed by atoms with Crippen LogP contribution in [0.2, 0.25) is 0 Å². The number of hydrogen-bond donors (Lipinski definition) is 1.